The summed E-state index contributed by atoms with van der Waals surface area (Å²) in [5.74, 6) is 0.516. The molecule has 1 heterocycles. The number of hydrogen-bond acceptors (Lipinski definition) is 3. The molecule has 1 aromatic rings. The van der Waals surface area contributed by atoms with E-state index in [1.165, 1.54) is 37.1 Å². The van der Waals surface area contributed by atoms with Gasteiger partial charge in [-0.3, -0.25) is 0 Å². The molecule has 1 rings (SSSR count). The van der Waals surface area contributed by atoms with Crippen LogP contribution in [0.25, 0.3) is 0 Å². The van der Waals surface area contributed by atoms with Crippen molar-refractivity contribution in [2.24, 2.45) is 0 Å². The van der Waals surface area contributed by atoms with Gasteiger partial charge in [0.1, 0.15) is 0 Å². The minimum absolute atomic E-state index is 0.395. The predicted molar refractivity (Wildman–Crippen MR) is 84.2 cm³/mol. The number of rotatable bonds is 11. The van der Waals surface area contributed by atoms with Crippen LogP contribution in [0.5, 0.6) is 0 Å². The van der Waals surface area contributed by atoms with Crippen LogP contribution >= 0.6 is 22.9 Å². The van der Waals surface area contributed by atoms with Crippen molar-refractivity contribution >= 4 is 22.9 Å². The number of halogens is 1. The Hall–Kier alpha value is -0.120. The molecule has 1 aromatic heterocycles. The molecule has 0 aliphatic rings. The summed E-state index contributed by atoms with van der Waals surface area (Å²) in [6.07, 6.45) is 8.91. The van der Waals surface area contributed by atoms with E-state index in [2.05, 4.69) is 18.8 Å². The highest BCUT2D eigenvalue weighted by molar-refractivity contribution is 7.09. The highest BCUT2D eigenvalue weighted by atomic mass is 35.5. The summed E-state index contributed by atoms with van der Waals surface area (Å²) >= 11 is 7.43. The van der Waals surface area contributed by atoms with Crippen molar-refractivity contribution in [2.45, 2.75) is 70.8 Å². The smallest absolute Gasteiger partial charge is 0.0929 e. The molecule has 4 heteroatoms. The van der Waals surface area contributed by atoms with Gasteiger partial charge in [-0.2, -0.15) is 0 Å². The molecule has 1 atom stereocenters. The van der Waals surface area contributed by atoms with Crippen molar-refractivity contribution < 1.29 is 4.74 Å². The van der Waals surface area contributed by atoms with E-state index >= 15 is 0 Å². The summed E-state index contributed by atoms with van der Waals surface area (Å²) in [6, 6.07) is 0. The molecule has 0 spiro atoms. The lowest BCUT2D eigenvalue weighted by molar-refractivity contribution is 0.0570. The van der Waals surface area contributed by atoms with Gasteiger partial charge in [-0.1, -0.05) is 32.6 Å². The highest BCUT2D eigenvalue weighted by Gasteiger charge is 2.04. The monoisotopic (exact) mass is 303 g/mol. The third-order valence-corrected chi connectivity index (χ3v) is 4.37. The zero-order valence-electron chi connectivity index (χ0n) is 12.2. The van der Waals surface area contributed by atoms with Gasteiger partial charge in [0.25, 0.3) is 0 Å². The van der Waals surface area contributed by atoms with Crippen molar-refractivity contribution in [3.8, 4) is 0 Å². The van der Waals surface area contributed by atoms with Crippen LogP contribution in [0, 0.1) is 0 Å². The maximum absolute atomic E-state index is 5.83. The Balaban J connectivity index is 2.00. The first-order chi connectivity index (χ1) is 9.26. The van der Waals surface area contributed by atoms with Crippen LogP contribution in [0.15, 0.2) is 5.38 Å². The van der Waals surface area contributed by atoms with Crippen LogP contribution in [-0.4, -0.2) is 17.7 Å². The molecule has 0 saturated heterocycles. The fraction of sp³-hybridized carbons (Fsp3) is 0.800. The molecule has 19 heavy (non-hydrogen) atoms. The van der Waals surface area contributed by atoms with Crippen LogP contribution in [0.3, 0.4) is 0 Å². The zero-order valence-corrected chi connectivity index (χ0v) is 13.7. The van der Waals surface area contributed by atoms with Crippen molar-refractivity contribution in [1.82, 2.24) is 4.98 Å². The number of nitrogens with zero attached hydrogens (tertiary/aromatic N) is 1. The molecule has 2 nitrogen and oxygen atoms in total. The lowest BCUT2D eigenvalue weighted by atomic mass is 10.1. The van der Waals surface area contributed by atoms with E-state index in [-0.39, 0.29) is 0 Å². The Morgan fingerprint density at radius 2 is 2.16 bits per heavy atom. The molecule has 110 valence electrons. The molecule has 0 fully saturated rings. The van der Waals surface area contributed by atoms with E-state index in [0.29, 0.717) is 12.0 Å². The normalized spacial score (nSPS) is 12.8. The number of alkyl halides is 1. The molecule has 0 aromatic carbocycles. The molecule has 0 N–H and O–H groups in total. The largest absolute Gasteiger partial charge is 0.378 e. The Kier molecular flexibility index (Phi) is 9.48. The van der Waals surface area contributed by atoms with Gasteiger partial charge in [0.05, 0.1) is 22.7 Å². The molecular formula is C15H26ClNOS. The average Bonchev–Trinajstić information content (AvgIpc) is 2.88. The standard InChI is InChI=1S/C15H26ClNOS/c1-3-4-5-6-8-13(2)18-10-7-9-15-17-14(11-16)12-19-15/h12-13H,3-11H2,1-2H3. The topological polar surface area (TPSA) is 22.1 Å². The number of unbranched alkanes of at least 4 members (excludes halogenated alkanes) is 3. The van der Waals surface area contributed by atoms with Gasteiger partial charge in [0, 0.05) is 18.4 Å². The molecule has 0 aliphatic carbocycles. The van der Waals surface area contributed by atoms with E-state index < -0.39 is 0 Å². The van der Waals surface area contributed by atoms with Gasteiger partial charge >= 0.3 is 0 Å². The Bertz CT molecular complexity index is 330. The van der Waals surface area contributed by atoms with Crippen molar-refractivity contribution in [2.75, 3.05) is 6.61 Å². The van der Waals surface area contributed by atoms with E-state index in [9.17, 15) is 0 Å². The molecular weight excluding hydrogens is 278 g/mol. The van der Waals surface area contributed by atoms with Gasteiger partial charge in [-0.05, 0) is 19.8 Å². The number of hydrogen-bond donors (Lipinski definition) is 0. The van der Waals surface area contributed by atoms with Crippen molar-refractivity contribution in [3.05, 3.63) is 16.1 Å². The summed E-state index contributed by atoms with van der Waals surface area (Å²) in [4.78, 5) is 4.45. The van der Waals surface area contributed by atoms with Gasteiger partial charge in [0.2, 0.25) is 0 Å². The number of aromatic nitrogens is 1. The number of ether oxygens (including phenoxy) is 1. The fourth-order valence-electron chi connectivity index (χ4n) is 1.97. The van der Waals surface area contributed by atoms with Crippen LogP contribution in [-0.2, 0) is 17.0 Å². The average molecular weight is 304 g/mol. The molecule has 0 amide bonds. The lowest BCUT2D eigenvalue weighted by Crippen LogP contribution is -2.09. The van der Waals surface area contributed by atoms with E-state index in [4.69, 9.17) is 16.3 Å². The second-order valence-corrected chi connectivity index (χ2v) is 6.21. The first kappa shape index (κ1) is 16.9. The van der Waals surface area contributed by atoms with Crippen LogP contribution < -0.4 is 0 Å². The summed E-state index contributed by atoms with van der Waals surface area (Å²) in [6.45, 7) is 5.26. The van der Waals surface area contributed by atoms with E-state index in [1.54, 1.807) is 11.3 Å². The van der Waals surface area contributed by atoms with Crippen LogP contribution in [0.1, 0.15) is 63.1 Å². The second-order valence-electron chi connectivity index (χ2n) is 5.00. The van der Waals surface area contributed by atoms with Crippen molar-refractivity contribution in [1.29, 1.82) is 0 Å². The zero-order chi connectivity index (χ0) is 13.9. The summed E-state index contributed by atoms with van der Waals surface area (Å²) < 4.78 is 5.83. The summed E-state index contributed by atoms with van der Waals surface area (Å²) in [7, 11) is 0. The quantitative estimate of drug-likeness (QED) is 0.414. The molecule has 1 unspecified atom stereocenters. The second kappa shape index (κ2) is 10.6. The molecule has 0 saturated carbocycles. The number of thiazole rings is 1. The maximum Gasteiger partial charge on any atom is 0.0929 e. The Morgan fingerprint density at radius 1 is 1.32 bits per heavy atom. The van der Waals surface area contributed by atoms with E-state index in [0.717, 1.165) is 25.1 Å². The maximum atomic E-state index is 5.83. The van der Waals surface area contributed by atoms with Crippen LogP contribution in [0.4, 0.5) is 0 Å². The highest BCUT2D eigenvalue weighted by Crippen LogP contribution is 2.14. The predicted octanol–water partition coefficient (Wildman–Crippen LogP) is 5.19. The SMILES string of the molecule is CCCCCCC(C)OCCCc1nc(CCl)cs1. The third kappa shape index (κ3) is 7.91. The molecule has 0 bridgehead atoms. The minimum Gasteiger partial charge on any atom is -0.378 e. The van der Waals surface area contributed by atoms with Crippen LogP contribution in [0.2, 0.25) is 0 Å². The first-order valence-electron chi connectivity index (χ1n) is 7.37. The summed E-state index contributed by atoms with van der Waals surface area (Å²) in [5, 5.41) is 3.22. The molecule has 0 radical (unpaired) electrons. The lowest BCUT2D eigenvalue weighted by Gasteiger charge is -2.12. The Morgan fingerprint density at radius 3 is 2.84 bits per heavy atom. The van der Waals surface area contributed by atoms with Gasteiger partial charge in [-0.15, -0.1) is 22.9 Å². The number of aryl methyl sites for hydroxylation is 1. The van der Waals surface area contributed by atoms with Gasteiger partial charge < -0.3 is 4.74 Å². The van der Waals surface area contributed by atoms with Crippen molar-refractivity contribution in [3.63, 3.8) is 0 Å². The van der Waals surface area contributed by atoms with Gasteiger partial charge in [0.15, 0.2) is 0 Å². The first-order valence-corrected chi connectivity index (χ1v) is 8.78. The van der Waals surface area contributed by atoms with Gasteiger partial charge in [-0.25, -0.2) is 4.98 Å². The van der Waals surface area contributed by atoms with E-state index in [1.807, 2.05) is 5.38 Å². The summed E-state index contributed by atoms with van der Waals surface area (Å²) in [5.41, 5.74) is 0.992. The molecule has 0 aliphatic heterocycles. The third-order valence-electron chi connectivity index (χ3n) is 3.14. The minimum atomic E-state index is 0.395. The fourth-order valence-corrected chi connectivity index (χ4v) is 3.04. The Labute approximate surface area is 126 Å².